The third-order valence-corrected chi connectivity index (χ3v) is 0.969. The number of hydrogen-bond donors (Lipinski definition) is 1. The SMILES string of the molecule is CON=C(CCCl)C(=O)O. The third kappa shape index (κ3) is 3.29. The van der Waals surface area contributed by atoms with Crippen LogP contribution in [-0.2, 0) is 9.63 Å². The molecule has 0 aromatic heterocycles. The van der Waals surface area contributed by atoms with Crippen molar-refractivity contribution in [2.75, 3.05) is 13.0 Å². The van der Waals surface area contributed by atoms with E-state index >= 15 is 0 Å². The van der Waals surface area contributed by atoms with Crippen LogP contribution in [0.1, 0.15) is 6.42 Å². The van der Waals surface area contributed by atoms with E-state index in [1.54, 1.807) is 0 Å². The van der Waals surface area contributed by atoms with Crippen LogP contribution in [0.2, 0.25) is 0 Å². The molecule has 0 bridgehead atoms. The molecule has 0 amide bonds. The summed E-state index contributed by atoms with van der Waals surface area (Å²) in [6, 6.07) is 0. The standard InChI is InChI=1S/C5H8ClNO3/c1-10-7-4(2-3-6)5(8)9/h2-3H2,1H3,(H,8,9). The maximum atomic E-state index is 10.2. The van der Waals surface area contributed by atoms with Crippen molar-refractivity contribution in [1.82, 2.24) is 0 Å². The molecule has 0 heterocycles. The third-order valence-electron chi connectivity index (χ3n) is 0.780. The van der Waals surface area contributed by atoms with Crippen molar-refractivity contribution in [2.24, 2.45) is 5.16 Å². The molecule has 0 aliphatic rings. The number of hydrogen-bond acceptors (Lipinski definition) is 3. The summed E-state index contributed by atoms with van der Waals surface area (Å²) in [4.78, 5) is 14.5. The molecule has 58 valence electrons. The lowest BCUT2D eigenvalue weighted by atomic mass is 10.3. The Morgan fingerprint density at radius 3 is 2.70 bits per heavy atom. The predicted octanol–water partition coefficient (Wildman–Crippen LogP) is 0.702. The van der Waals surface area contributed by atoms with Crippen molar-refractivity contribution in [1.29, 1.82) is 0 Å². The topological polar surface area (TPSA) is 58.9 Å². The van der Waals surface area contributed by atoms with Crippen LogP contribution in [0.4, 0.5) is 0 Å². The quantitative estimate of drug-likeness (QED) is 0.379. The summed E-state index contributed by atoms with van der Waals surface area (Å²) in [7, 11) is 1.29. The highest BCUT2D eigenvalue weighted by Crippen LogP contribution is 1.91. The first-order valence-corrected chi connectivity index (χ1v) is 3.15. The molecule has 0 fully saturated rings. The first-order chi connectivity index (χ1) is 4.72. The molecule has 0 aromatic carbocycles. The molecule has 1 N–H and O–H groups in total. The first-order valence-electron chi connectivity index (χ1n) is 2.61. The number of rotatable bonds is 4. The predicted molar refractivity (Wildman–Crippen MR) is 37.4 cm³/mol. The molecule has 4 nitrogen and oxygen atoms in total. The molecule has 10 heavy (non-hydrogen) atoms. The lowest BCUT2D eigenvalue weighted by Crippen LogP contribution is -2.13. The van der Waals surface area contributed by atoms with Crippen LogP contribution in [0.15, 0.2) is 5.16 Å². The van der Waals surface area contributed by atoms with E-state index in [9.17, 15) is 4.79 Å². The zero-order valence-electron chi connectivity index (χ0n) is 5.50. The van der Waals surface area contributed by atoms with Crippen molar-refractivity contribution in [2.45, 2.75) is 6.42 Å². The van der Waals surface area contributed by atoms with Crippen LogP contribution in [-0.4, -0.2) is 29.8 Å². The van der Waals surface area contributed by atoms with Crippen LogP contribution >= 0.6 is 11.6 Å². The largest absolute Gasteiger partial charge is 0.477 e. The van der Waals surface area contributed by atoms with Crippen molar-refractivity contribution < 1.29 is 14.7 Å². The number of nitrogens with zero attached hydrogens (tertiary/aromatic N) is 1. The highest BCUT2D eigenvalue weighted by molar-refractivity contribution is 6.36. The van der Waals surface area contributed by atoms with Crippen LogP contribution in [0, 0.1) is 0 Å². The fourth-order valence-electron chi connectivity index (χ4n) is 0.391. The molecule has 0 unspecified atom stereocenters. The van der Waals surface area contributed by atoms with Gasteiger partial charge in [0.05, 0.1) is 0 Å². The number of halogens is 1. The van der Waals surface area contributed by atoms with Gasteiger partial charge in [-0.1, -0.05) is 5.16 Å². The lowest BCUT2D eigenvalue weighted by Gasteiger charge is -1.94. The first kappa shape index (κ1) is 9.23. The Balaban J connectivity index is 3.98. The average molecular weight is 166 g/mol. The summed E-state index contributed by atoms with van der Waals surface area (Å²) in [6.07, 6.45) is 0.213. The minimum absolute atomic E-state index is 0.0579. The molecule has 0 atom stereocenters. The van der Waals surface area contributed by atoms with Gasteiger partial charge in [0.1, 0.15) is 7.11 Å². The van der Waals surface area contributed by atoms with Gasteiger partial charge in [-0.2, -0.15) is 0 Å². The van der Waals surface area contributed by atoms with Crippen LogP contribution in [0.5, 0.6) is 0 Å². The summed E-state index contributed by atoms with van der Waals surface area (Å²) in [5.41, 5.74) is -0.0579. The Bertz CT molecular complexity index is 146. The minimum atomic E-state index is -1.09. The summed E-state index contributed by atoms with van der Waals surface area (Å²) in [6.45, 7) is 0. The zero-order valence-corrected chi connectivity index (χ0v) is 6.26. The molecule has 0 saturated carbocycles. The van der Waals surface area contributed by atoms with E-state index in [4.69, 9.17) is 16.7 Å². The van der Waals surface area contributed by atoms with Gasteiger partial charge in [0.25, 0.3) is 0 Å². The summed E-state index contributed by atoms with van der Waals surface area (Å²) < 4.78 is 0. The van der Waals surface area contributed by atoms with Crippen molar-refractivity contribution in [3.63, 3.8) is 0 Å². The van der Waals surface area contributed by atoms with E-state index in [0.29, 0.717) is 0 Å². The van der Waals surface area contributed by atoms with Crippen LogP contribution < -0.4 is 0 Å². The molecule has 0 radical (unpaired) electrons. The van der Waals surface area contributed by atoms with Gasteiger partial charge in [-0.15, -0.1) is 11.6 Å². The monoisotopic (exact) mass is 165 g/mol. The van der Waals surface area contributed by atoms with Crippen molar-refractivity contribution in [3.05, 3.63) is 0 Å². The molecule has 5 heteroatoms. The maximum absolute atomic E-state index is 10.2. The molecule has 0 aliphatic heterocycles. The fourth-order valence-corrected chi connectivity index (χ4v) is 0.570. The average Bonchev–Trinajstić information content (AvgIpc) is 1.87. The van der Waals surface area contributed by atoms with Gasteiger partial charge >= 0.3 is 5.97 Å². The number of carboxylic acid groups (broad SMARTS) is 1. The Labute approximate surface area is 63.4 Å². The number of aliphatic carboxylic acids is 1. The van der Waals surface area contributed by atoms with Crippen molar-refractivity contribution >= 4 is 23.3 Å². The smallest absolute Gasteiger partial charge is 0.353 e. The molecule has 0 aliphatic carbocycles. The molecular weight excluding hydrogens is 158 g/mol. The van der Waals surface area contributed by atoms with Gasteiger partial charge in [-0.25, -0.2) is 4.79 Å². The Kier molecular flexibility index (Phi) is 4.66. The minimum Gasteiger partial charge on any atom is -0.477 e. The van der Waals surface area contributed by atoms with Gasteiger partial charge in [-0.3, -0.25) is 0 Å². The summed E-state index contributed by atoms with van der Waals surface area (Å²) in [5.74, 6) is -0.864. The zero-order chi connectivity index (χ0) is 7.98. The second-order valence-electron chi connectivity index (χ2n) is 1.46. The molecule has 0 aromatic rings. The van der Waals surface area contributed by atoms with Gasteiger partial charge in [-0.05, 0) is 0 Å². The van der Waals surface area contributed by atoms with E-state index in [1.165, 1.54) is 7.11 Å². The Morgan fingerprint density at radius 1 is 1.80 bits per heavy atom. The number of oxime groups is 1. The van der Waals surface area contributed by atoms with E-state index in [0.717, 1.165) is 0 Å². The van der Waals surface area contributed by atoms with Gasteiger partial charge in [0.15, 0.2) is 5.71 Å². The van der Waals surface area contributed by atoms with E-state index in [1.807, 2.05) is 0 Å². The van der Waals surface area contributed by atoms with E-state index in [2.05, 4.69) is 9.99 Å². The van der Waals surface area contributed by atoms with Gasteiger partial charge in [0.2, 0.25) is 0 Å². The second-order valence-corrected chi connectivity index (χ2v) is 1.84. The van der Waals surface area contributed by atoms with Crippen LogP contribution in [0.3, 0.4) is 0 Å². The number of carbonyl (C=O) groups is 1. The van der Waals surface area contributed by atoms with Crippen molar-refractivity contribution in [3.8, 4) is 0 Å². The molecule has 0 saturated heterocycles. The lowest BCUT2D eigenvalue weighted by molar-refractivity contribution is -0.129. The van der Waals surface area contributed by atoms with E-state index in [-0.39, 0.29) is 18.0 Å². The molecular formula is C5H8ClNO3. The second kappa shape index (κ2) is 5.05. The molecule has 0 rings (SSSR count). The summed E-state index contributed by atoms with van der Waals surface area (Å²) >= 11 is 5.28. The number of alkyl halides is 1. The maximum Gasteiger partial charge on any atom is 0.353 e. The van der Waals surface area contributed by atoms with E-state index < -0.39 is 5.97 Å². The normalized spacial score (nSPS) is 11.2. The van der Waals surface area contributed by atoms with Gasteiger partial charge < -0.3 is 9.94 Å². The molecule has 0 spiro atoms. The van der Waals surface area contributed by atoms with Gasteiger partial charge in [0, 0.05) is 12.3 Å². The highest BCUT2D eigenvalue weighted by atomic mass is 35.5. The number of carboxylic acids is 1. The summed E-state index contributed by atoms with van der Waals surface area (Å²) in [5, 5.41) is 11.6. The Hall–Kier alpha value is -0.770. The fraction of sp³-hybridized carbons (Fsp3) is 0.600. The highest BCUT2D eigenvalue weighted by Gasteiger charge is 2.08. The Morgan fingerprint density at radius 2 is 2.40 bits per heavy atom. The van der Waals surface area contributed by atoms with Crippen LogP contribution in [0.25, 0.3) is 0 Å².